The number of rotatable bonds is 6. The molecule has 0 aliphatic rings. The Bertz CT molecular complexity index is 338. The monoisotopic (exact) mass is 225 g/mol. The molecule has 0 saturated heterocycles. The van der Waals surface area contributed by atoms with E-state index in [0.29, 0.717) is 12.4 Å². The second kappa shape index (κ2) is 7.13. The highest BCUT2D eigenvalue weighted by atomic mass is 32.2. The quantitative estimate of drug-likeness (QED) is 0.550. The second-order valence-electron chi connectivity index (χ2n) is 2.93. The van der Waals surface area contributed by atoms with E-state index in [1.54, 1.807) is 18.2 Å². The van der Waals surface area contributed by atoms with Crippen molar-refractivity contribution in [3.05, 3.63) is 30.1 Å². The van der Waals surface area contributed by atoms with Gasteiger partial charge >= 0.3 is 0 Å². The molecule has 1 aromatic carbocycles. The predicted molar refractivity (Wildman–Crippen MR) is 59.2 cm³/mol. The molecular formula is C11H12FNOS. The lowest BCUT2D eigenvalue weighted by atomic mass is 10.3. The second-order valence-corrected chi connectivity index (χ2v) is 3.81. The van der Waals surface area contributed by atoms with Crippen molar-refractivity contribution in [3.8, 4) is 11.2 Å². The van der Waals surface area contributed by atoms with E-state index in [1.165, 1.54) is 17.8 Å². The van der Waals surface area contributed by atoms with E-state index in [4.69, 9.17) is 10.00 Å². The molecule has 0 spiro atoms. The van der Waals surface area contributed by atoms with Gasteiger partial charge in [0.2, 0.25) is 0 Å². The predicted octanol–water partition coefficient (Wildman–Crippen LogP) is 3.20. The van der Waals surface area contributed by atoms with Gasteiger partial charge in [0.1, 0.15) is 5.40 Å². The zero-order chi connectivity index (χ0) is 10.9. The molecule has 1 rings (SSSR count). The van der Waals surface area contributed by atoms with Gasteiger partial charge in [-0.25, -0.2) is 4.39 Å². The van der Waals surface area contributed by atoms with Gasteiger partial charge in [-0.3, -0.25) is 0 Å². The van der Waals surface area contributed by atoms with E-state index in [0.717, 1.165) is 18.6 Å². The molecule has 0 heterocycles. The van der Waals surface area contributed by atoms with Crippen molar-refractivity contribution in [1.82, 2.24) is 0 Å². The summed E-state index contributed by atoms with van der Waals surface area (Å²) in [6, 6.07) is 6.36. The largest absolute Gasteiger partial charge is 0.491 e. The number of halogens is 1. The molecule has 0 saturated carbocycles. The number of unbranched alkanes of at least 4 members (excludes halogenated alkanes) is 1. The SMILES string of the molecule is N#CSCCCCOc1ccccc1F. The molecule has 0 amide bonds. The molecule has 0 aliphatic carbocycles. The normalized spacial score (nSPS) is 9.60. The fourth-order valence-corrected chi connectivity index (χ4v) is 1.51. The molecule has 0 aromatic heterocycles. The summed E-state index contributed by atoms with van der Waals surface area (Å²) in [5, 5.41) is 10.3. The lowest BCUT2D eigenvalue weighted by Gasteiger charge is -2.05. The fraction of sp³-hybridized carbons (Fsp3) is 0.364. The van der Waals surface area contributed by atoms with Crippen molar-refractivity contribution in [2.24, 2.45) is 0 Å². The molecule has 0 aliphatic heterocycles. The van der Waals surface area contributed by atoms with Crippen molar-refractivity contribution < 1.29 is 9.13 Å². The number of nitrogens with zero attached hydrogens (tertiary/aromatic N) is 1. The summed E-state index contributed by atoms with van der Waals surface area (Å²) in [5.41, 5.74) is 0. The molecule has 1 aromatic rings. The number of hydrogen-bond acceptors (Lipinski definition) is 3. The summed E-state index contributed by atoms with van der Waals surface area (Å²) in [5.74, 6) is 0.770. The van der Waals surface area contributed by atoms with Crippen LogP contribution in [0.25, 0.3) is 0 Å². The van der Waals surface area contributed by atoms with Crippen LogP contribution in [0.5, 0.6) is 5.75 Å². The number of ether oxygens (including phenoxy) is 1. The van der Waals surface area contributed by atoms with Crippen LogP contribution in [-0.4, -0.2) is 12.4 Å². The number of thiocyanates is 1. The maximum absolute atomic E-state index is 13.0. The fourth-order valence-electron chi connectivity index (χ4n) is 1.07. The van der Waals surface area contributed by atoms with Crippen LogP contribution in [0.3, 0.4) is 0 Å². The number of nitriles is 1. The van der Waals surface area contributed by atoms with Crippen molar-refractivity contribution >= 4 is 11.8 Å². The molecule has 15 heavy (non-hydrogen) atoms. The zero-order valence-electron chi connectivity index (χ0n) is 8.28. The summed E-state index contributed by atoms with van der Waals surface area (Å²) in [7, 11) is 0. The molecule has 4 heteroatoms. The third-order valence-electron chi connectivity index (χ3n) is 1.80. The summed E-state index contributed by atoms with van der Waals surface area (Å²) in [4.78, 5) is 0. The first-order valence-electron chi connectivity index (χ1n) is 4.73. The van der Waals surface area contributed by atoms with Crippen LogP contribution in [0.1, 0.15) is 12.8 Å². The van der Waals surface area contributed by atoms with Crippen LogP contribution in [0, 0.1) is 16.5 Å². The van der Waals surface area contributed by atoms with Gasteiger partial charge in [-0.1, -0.05) is 12.1 Å². The number of hydrogen-bond donors (Lipinski definition) is 0. The molecule has 0 N–H and O–H groups in total. The van der Waals surface area contributed by atoms with E-state index in [-0.39, 0.29) is 5.82 Å². The smallest absolute Gasteiger partial charge is 0.165 e. The number of benzene rings is 1. The van der Waals surface area contributed by atoms with Gasteiger partial charge in [-0.15, -0.1) is 0 Å². The van der Waals surface area contributed by atoms with Gasteiger partial charge in [-0.2, -0.15) is 5.26 Å². The molecule has 0 unspecified atom stereocenters. The Morgan fingerprint density at radius 3 is 2.87 bits per heavy atom. The van der Waals surface area contributed by atoms with Crippen molar-refractivity contribution in [2.75, 3.05) is 12.4 Å². The third kappa shape index (κ3) is 4.71. The van der Waals surface area contributed by atoms with Crippen molar-refractivity contribution in [3.63, 3.8) is 0 Å². The van der Waals surface area contributed by atoms with Crippen LogP contribution in [0.15, 0.2) is 24.3 Å². The maximum Gasteiger partial charge on any atom is 0.165 e. The molecular weight excluding hydrogens is 213 g/mol. The minimum absolute atomic E-state index is 0.297. The van der Waals surface area contributed by atoms with Gasteiger partial charge in [-0.05, 0) is 36.7 Å². The van der Waals surface area contributed by atoms with Crippen LogP contribution in [-0.2, 0) is 0 Å². The molecule has 0 fully saturated rings. The number of thioether (sulfide) groups is 1. The Morgan fingerprint density at radius 1 is 1.33 bits per heavy atom. The molecule has 0 bridgehead atoms. The molecule has 0 radical (unpaired) electrons. The Hall–Kier alpha value is -1.21. The first-order chi connectivity index (χ1) is 7.34. The first kappa shape index (κ1) is 11.9. The highest BCUT2D eigenvalue weighted by Gasteiger charge is 2.00. The van der Waals surface area contributed by atoms with Gasteiger partial charge in [0.25, 0.3) is 0 Å². The summed E-state index contributed by atoms with van der Waals surface area (Å²) < 4.78 is 18.3. The van der Waals surface area contributed by atoms with E-state index < -0.39 is 0 Å². The van der Waals surface area contributed by atoms with E-state index in [9.17, 15) is 4.39 Å². The average molecular weight is 225 g/mol. The van der Waals surface area contributed by atoms with E-state index in [1.807, 2.05) is 5.40 Å². The Labute approximate surface area is 93.1 Å². The highest BCUT2D eigenvalue weighted by molar-refractivity contribution is 8.03. The van der Waals surface area contributed by atoms with Crippen LogP contribution in [0.4, 0.5) is 4.39 Å². The Kier molecular flexibility index (Phi) is 5.64. The maximum atomic E-state index is 13.0. The molecule has 80 valence electrons. The van der Waals surface area contributed by atoms with E-state index >= 15 is 0 Å². The first-order valence-corrected chi connectivity index (χ1v) is 5.71. The summed E-state index contributed by atoms with van der Waals surface area (Å²) in [6.07, 6.45) is 1.75. The minimum atomic E-state index is -0.330. The van der Waals surface area contributed by atoms with Gasteiger partial charge in [0.15, 0.2) is 11.6 Å². The average Bonchev–Trinajstić information content (AvgIpc) is 2.25. The molecule has 0 atom stereocenters. The standard InChI is InChI=1S/C11H12FNOS/c12-10-5-1-2-6-11(10)14-7-3-4-8-15-9-13/h1-2,5-6H,3-4,7-8H2. The lowest BCUT2D eigenvalue weighted by Crippen LogP contribution is -1.99. The van der Waals surface area contributed by atoms with Gasteiger partial charge in [0, 0.05) is 5.75 Å². The topological polar surface area (TPSA) is 33.0 Å². The summed E-state index contributed by atoms with van der Waals surface area (Å²) >= 11 is 1.23. The zero-order valence-corrected chi connectivity index (χ0v) is 9.10. The minimum Gasteiger partial charge on any atom is -0.491 e. The molecule has 2 nitrogen and oxygen atoms in total. The van der Waals surface area contributed by atoms with E-state index in [2.05, 4.69) is 0 Å². The van der Waals surface area contributed by atoms with Gasteiger partial charge < -0.3 is 4.74 Å². The van der Waals surface area contributed by atoms with Crippen molar-refractivity contribution in [2.45, 2.75) is 12.8 Å². The van der Waals surface area contributed by atoms with Crippen molar-refractivity contribution in [1.29, 1.82) is 5.26 Å². The summed E-state index contributed by atoms with van der Waals surface area (Å²) in [6.45, 7) is 0.493. The lowest BCUT2D eigenvalue weighted by molar-refractivity contribution is 0.294. The van der Waals surface area contributed by atoms with Crippen LogP contribution >= 0.6 is 11.8 Å². The third-order valence-corrected chi connectivity index (χ3v) is 2.42. The Balaban J connectivity index is 2.16. The number of para-hydroxylation sites is 1. The van der Waals surface area contributed by atoms with Crippen LogP contribution < -0.4 is 4.74 Å². The van der Waals surface area contributed by atoms with Crippen LogP contribution in [0.2, 0.25) is 0 Å². The highest BCUT2D eigenvalue weighted by Crippen LogP contribution is 2.15. The van der Waals surface area contributed by atoms with Gasteiger partial charge in [0.05, 0.1) is 6.61 Å². The Morgan fingerprint density at radius 2 is 2.13 bits per heavy atom.